The molecule has 0 aliphatic carbocycles. The molecular weight excluding hydrogens is 390 g/mol. The SMILES string of the molecule is COCCn1c(=NC(=O)c2c(C)cnn2C)sc2cc(S(N)(=O)=O)ccc21. The van der Waals surface area contributed by atoms with Gasteiger partial charge in [0, 0.05) is 26.3 Å². The van der Waals surface area contributed by atoms with Crippen LogP contribution in [0, 0.1) is 6.92 Å². The van der Waals surface area contributed by atoms with Gasteiger partial charge in [0.05, 0.1) is 27.9 Å². The Morgan fingerprint density at radius 1 is 1.41 bits per heavy atom. The molecule has 0 fully saturated rings. The molecule has 9 nitrogen and oxygen atoms in total. The molecule has 2 heterocycles. The van der Waals surface area contributed by atoms with Gasteiger partial charge in [-0.05, 0) is 25.1 Å². The number of hydrogen-bond acceptors (Lipinski definition) is 6. The molecule has 0 bridgehead atoms. The summed E-state index contributed by atoms with van der Waals surface area (Å²) >= 11 is 1.21. The third kappa shape index (κ3) is 3.86. The first-order valence-electron chi connectivity index (χ1n) is 7.95. The van der Waals surface area contributed by atoms with Crippen LogP contribution in [0.4, 0.5) is 0 Å². The number of methoxy groups -OCH3 is 1. The maximum atomic E-state index is 12.7. The molecule has 0 atom stereocenters. The van der Waals surface area contributed by atoms with Gasteiger partial charge in [0.1, 0.15) is 5.69 Å². The van der Waals surface area contributed by atoms with E-state index in [4.69, 9.17) is 9.88 Å². The van der Waals surface area contributed by atoms with Crippen LogP contribution in [0.15, 0.2) is 34.3 Å². The van der Waals surface area contributed by atoms with Crippen LogP contribution in [0.25, 0.3) is 10.2 Å². The number of hydrogen-bond donors (Lipinski definition) is 1. The minimum atomic E-state index is -3.82. The van der Waals surface area contributed by atoms with Crippen molar-refractivity contribution in [2.24, 2.45) is 17.2 Å². The second kappa shape index (κ2) is 7.35. The average Bonchev–Trinajstić information content (AvgIpc) is 3.10. The van der Waals surface area contributed by atoms with Crippen molar-refractivity contribution in [3.05, 3.63) is 40.5 Å². The number of ether oxygens (including phenoxy) is 1. The number of rotatable bonds is 5. The summed E-state index contributed by atoms with van der Waals surface area (Å²) in [4.78, 5) is 17.4. The lowest BCUT2D eigenvalue weighted by Crippen LogP contribution is -2.20. The van der Waals surface area contributed by atoms with Crippen LogP contribution in [0.5, 0.6) is 0 Å². The molecule has 0 saturated heterocycles. The molecule has 27 heavy (non-hydrogen) atoms. The molecule has 0 aliphatic rings. The third-order valence-electron chi connectivity index (χ3n) is 4.02. The first-order chi connectivity index (χ1) is 12.7. The number of primary sulfonamides is 1. The normalized spacial score (nSPS) is 12.8. The number of carbonyl (C=O) groups is 1. The van der Waals surface area contributed by atoms with Crippen molar-refractivity contribution in [3.63, 3.8) is 0 Å². The van der Waals surface area contributed by atoms with E-state index >= 15 is 0 Å². The molecule has 11 heteroatoms. The second-order valence-corrected chi connectivity index (χ2v) is 8.49. The van der Waals surface area contributed by atoms with Crippen molar-refractivity contribution in [2.75, 3.05) is 13.7 Å². The van der Waals surface area contributed by atoms with Crippen LogP contribution < -0.4 is 9.94 Å². The highest BCUT2D eigenvalue weighted by molar-refractivity contribution is 7.89. The van der Waals surface area contributed by atoms with E-state index in [9.17, 15) is 13.2 Å². The molecule has 1 aromatic carbocycles. The van der Waals surface area contributed by atoms with Crippen molar-refractivity contribution in [2.45, 2.75) is 18.4 Å². The van der Waals surface area contributed by atoms with Gasteiger partial charge in [0.15, 0.2) is 4.80 Å². The number of thiazole rings is 1. The summed E-state index contributed by atoms with van der Waals surface area (Å²) < 4.78 is 32.3. The van der Waals surface area contributed by atoms with E-state index in [1.807, 2.05) is 4.57 Å². The maximum absolute atomic E-state index is 12.7. The topological polar surface area (TPSA) is 122 Å². The van der Waals surface area contributed by atoms with E-state index in [0.29, 0.717) is 28.3 Å². The van der Waals surface area contributed by atoms with E-state index < -0.39 is 15.9 Å². The van der Waals surface area contributed by atoms with Crippen LogP contribution in [-0.4, -0.2) is 42.4 Å². The number of amides is 1. The molecule has 2 aromatic heterocycles. The van der Waals surface area contributed by atoms with Crippen molar-refractivity contribution in [1.82, 2.24) is 14.3 Å². The summed E-state index contributed by atoms with van der Waals surface area (Å²) in [5.74, 6) is -0.420. The van der Waals surface area contributed by atoms with Crippen LogP contribution in [0.2, 0.25) is 0 Å². The molecule has 3 rings (SSSR count). The van der Waals surface area contributed by atoms with Gasteiger partial charge in [-0.2, -0.15) is 10.1 Å². The van der Waals surface area contributed by atoms with Crippen molar-refractivity contribution in [3.8, 4) is 0 Å². The Hall–Kier alpha value is -2.34. The minimum absolute atomic E-state index is 0.00972. The predicted molar refractivity (Wildman–Crippen MR) is 101 cm³/mol. The summed E-state index contributed by atoms with van der Waals surface area (Å²) in [7, 11) is -0.564. The van der Waals surface area contributed by atoms with Gasteiger partial charge in [-0.25, -0.2) is 13.6 Å². The van der Waals surface area contributed by atoms with Crippen LogP contribution >= 0.6 is 11.3 Å². The molecular formula is C16H19N5O4S2. The number of carbonyl (C=O) groups excluding carboxylic acids is 1. The molecule has 0 saturated carbocycles. The number of benzene rings is 1. The number of aryl methyl sites for hydroxylation is 2. The molecule has 0 radical (unpaired) electrons. The van der Waals surface area contributed by atoms with Gasteiger partial charge < -0.3 is 9.30 Å². The Morgan fingerprint density at radius 3 is 2.74 bits per heavy atom. The quantitative estimate of drug-likeness (QED) is 0.667. The van der Waals surface area contributed by atoms with E-state index in [0.717, 1.165) is 11.1 Å². The number of aromatic nitrogens is 3. The van der Waals surface area contributed by atoms with Gasteiger partial charge >= 0.3 is 0 Å². The van der Waals surface area contributed by atoms with Gasteiger partial charge in [-0.1, -0.05) is 11.3 Å². The molecule has 144 valence electrons. The Morgan fingerprint density at radius 2 is 2.15 bits per heavy atom. The second-order valence-electron chi connectivity index (χ2n) is 5.92. The van der Waals surface area contributed by atoms with E-state index in [1.165, 1.54) is 28.2 Å². The highest BCUT2D eigenvalue weighted by Crippen LogP contribution is 2.21. The summed E-state index contributed by atoms with van der Waals surface area (Å²) in [6.45, 7) is 2.66. The van der Waals surface area contributed by atoms with Crippen molar-refractivity contribution < 1.29 is 17.9 Å². The van der Waals surface area contributed by atoms with E-state index in [1.54, 1.807) is 33.3 Å². The van der Waals surface area contributed by atoms with Crippen molar-refractivity contribution >= 4 is 37.5 Å². The van der Waals surface area contributed by atoms with Gasteiger partial charge in [-0.3, -0.25) is 9.48 Å². The lowest BCUT2D eigenvalue weighted by atomic mass is 10.3. The highest BCUT2D eigenvalue weighted by atomic mass is 32.2. The molecule has 0 aliphatic heterocycles. The average molecular weight is 409 g/mol. The summed E-state index contributed by atoms with van der Waals surface area (Å²) in [5, 5.41) is 9.28. The molecule has 3 aromatic rings. The van der Waals surface area contributed by atoms with Crippen molar-refractivity contribution in [1.29, 1.82) is 0 Å². The number of nitrogens with two attached hydrogens (primary N) is 1. The maximum Gasteiger partial charge on any atom is 0.298 e. The minimum Gasteiger partial charge on any atom is -0.383 e. The number of nitrogens with zero attached hydrogens (tertiary/aromatic N) is 4. The zero-order valence-corrected chi connectivity index (χ0v) is 16.7. The standard InChI is InChI=1S/C16H19N5O4S2/c1-10-9-18-20(2)14(10)15(22)19-16-21(6-7-25-3)12-5-4-11(27(17,23)24)8-13(12)26-16/h4-5,8-9H,6-7H2,1-3H3,(H2,17,23,24). The fourth-order valence-corrected chi connectivity index (χ4v) is 4.42. The summed E-state index contributed by atoms with van der Waals surface area (Å²) in [6.07, 6.45) is 1.60. The molecule has 0 spiro atoms. The van der Waals surface area contributed by atoms with Gasteiger partial charge in [0.25, 0.3) is 5.91 Å². The number of sulfonamides is 1. The first-order valence-corrected chi connectivity index (χ1v) is 10.3. The third-order valence-corrected chi connectivity index (χ3v) is 5.98. The van der Waals surface area contributed by atoms with Crippen LogP contribution in [-0.2, 0) is 28.4 Å². The fraction of sp³-hybridized carbons (Fsp3) is 0.312. The van der Waals surface area contributed by atoms with Gasteiger partial charge in [-0.15, -0.1) is 0 Å². The van der Waals surface area contributed by atoms with Crippen LogP contribution in [0.3, 0.4) is 0 Å². The monoisotopic (exact) mass is 409 g/mol. The number of fused-ring (bicyclic) bond motifs is 1. The van der Waals surface area contributed by atoms with E-state index in [2.05, 4.69) is 10.1 Å². The summed E-state index contributed by atoms with van der Waals surface area (Å²) in [6, 6.07) is 4.57. The Kier molecular flexibility index (Phi) is 5.29. The molecule has 0 unspecified atom stereocenters. The van der Waals surface area contributed by atoms with Crippen LogP contribution in [0.1, 0.15) is 16.1 Å². The fourth-order valence-electron chi connectivity index (χ4n) is 2.71. The molecule has 1 amide bonds. The zero-order chi connectivity index (χ0) is 19.8. The summed E-state index contributed by atoms with van der Waals surface area (Å²) in [5.41, 5.74) is 1.88. The van der Waals surface area contributed by atoms with Gasteiger partial charge in [0.2, 0.25) is 10.0 Å². The Labute approximate surface area is 159 Å². The lowest BCUT2D eigenvalue weighted by Gasteiger charge is -2.05. The smallest absolute Gasteiger partial charge is 0.298 e. The predicted octanol–water partition coefficient (Wildman–Crippen LogP) is 0.780. The zero-order valence-electron chi connectivity index (χ0n) is 15.0. The molecule has 2 N–H and O–H groups in total. The Balaban J connectivity index is 2.19. The van der Waals surface area contributed by atoms with E-state index in [-0.39, 0.29) is 4.90 Å². The largest absolute Gasteiger partial charge is 0.383 e. The first kappa shape index (κ1) is 19.4. The highest BCUT2D eigenvalue weighted by Gasteiger charge is 2.16. The lowest BCUT2D eigenvalue weighted by molar-refractivity contribution is 0.0988. The Bertz CT molecular complexity index is 1170.